The number of aromatic nitrogens is 1. The number of fused-ring (bicyclic) bond motifs is 1. The van der Waals surface area contributed by atoms with Crippen LogP contribution >= 0.6 is 15.9 Å². The van der Waals surface area contributed by atoms with Gasteiger partial charge in [-0.3, -0.25) is 4.98 Å². The second kappa shape index (κ2) is 3.14. The van der Waals surface area contributed by atoms with Crippen LogP contribution in [0.1, 0.15) is 25.5 Å². The zero-order chi connectivity index (χ0) is 9.42. The summed E-state index contributed by atoms with van der Waals surface area (Å²) in [6.45, 7) is 4.22. The number of halogens is 1. The molecule has 13 heavy (non-hydrogen) atoms. The summed E-state index contributed by atoms with van der Waals surface area (Å²) in [7, 11) is 0. The summed E-state index contributed by atoms with van der Waals surface area (Å²) in [5, 5.41) is 1.05. The van der Waals surface area contributed by atoms with Gasteiger partial charge in [-0.1, -0.05) is 13.8 Å². The van der Waals surface area contributed by atoms with Gasteiger partial charge in [0.25, 0.3) is 0 Å². The molecule has 0 fully saturated rings. The Labute approximate surface area is 85.1 Å². The summed E-state index contributed by atoms with van der Waals surface area (Å²) in [6, 6.07) is 2.04. The third-order valence-corrected chi connectivity index (χ3v) is 2.53. The molecule has 0 saturated carbocycles. The van der Waals surface area contributed by atoms with Gasteiger partial charge in [0.15, 0.2) is 5.58 Å². The number of hydrogen-bond donors (Lipinski definition) is 0. The largest absolute Gasteiger partial charge is 0.459 e. The Morgan fingerprint density at radius 3 is 2.77 bits per heavy atom. The van der Waals surface area contributed by atoms with Gasteiger partial charge in [0, 0.05) is 23.7 Å². The normalized spacial score (nSPS) is 11.4. The van der Waals surface area contributed by atoms with Crippen molar-refractivity contribution in [3.05, 3.63) is 28.7 Å². The second-order valence-electron chi connectivity index (χ2n) is 3.34. The van der Waals surface area contributed by atoms with Crippen LogP contribution in [0, 0.1) is 0 Å². The molecule has 68 valence electrons. The van der Waals surface area contributed by atoms with Crippen LogP contribution in [0.25, 0.3) is 11.0 Å². The first-order valence-electron chi connectivity index (χ1n) is 4.21. The minimum Gasteiger partial charge on any atom is -0.459 e. The van der Waals surface area contributed by atoms with Crippen LogP contribution in [0.2, 0.25) is 0 Å². The molecular formula is C10H10BrNO. The molecule has 0 N–H and O–H groups in total. The number of hydrogen-bond acceptors (Lipinski definition) is 2. The average molecular weight is 240 g/mol. The van der Waals surface area contributed by atoms with E-state index in [0.717, 1.165) is 21.2 Å². The topological polar surface area (TPSA) is 26.0 Å². The molecule has 0 unspecified atom stereocenters. The molecule has 0 aromatic carbocycles. The Kier molecular flexibility index (Phi) is 2.12. The fourth-order valence-electron chi connectivity index (χ4n) is 1.23. The minimum atomic E-state index is 0.416. The second-order valence-corrected chi connectivity index (χ2v) is 4.20. The van der Waals surface area contributed by atoms with E-state index in [1.807, 2.05) is 12.3 Å². The molecule has 0 saturated heterocycles. The Bertz CT molecular complexity index is 433. The molecule has 0 aliphatic rings. The minimum absolute atomic E-state index is 0.416. The Morgan fingerprint density at radius 1 is 1.38 bits per heavy atom. The lowest BCUT2D eigenvalue weighted by Crippen LogP contribution is -1.79. The lowest BCUT2D eigenvalue weighted by molar-refractivity contribution is 0.520. The highest BCUT2D eigenvalue weighted by atomic mass is 79.9. The van der Waals surface area contributed by atoms with Crippen molar-refractivity contribution in [2.75, 3.05) is 0 Å². The fourth-order valence-corrected chi connectivity index (χ4v) is 1.66. The maximum atomic E-state index is 5.67. The van der Waals surface area contributed by atoms with Crippen LogP contribution in [0.4, 0.5) is 0 Å². The molecule has 2 rings (SSSR count). The summed E-state index contributed by atoms with van der Waals surface area (Å²) in [4.78, 5) is 4.08. The number of furan rings is 1. The van der Waals surface area contributed by atoms with E-state index in [-0.39, 0.29) is 0 Å². The molecule has 0 amide bonds. The smallest absolute Gasteiger partial charge is 0.151 e. The highest BCUT2D eigenvalue weighted by Gasteiger charge is 2.09. The van der Waals surface area contributed by atoms with Crippen LogP contribution in [0.15, 0.2) is 27.3 Å². The van der Waals surface area contributed by atoms with E-state index in [4.69, 9.17) is 4.42 Å². The third kappa shape index (κ3) is 1.48. The molecule has 3 heteroatoms. The number of rotatable bonds is 1. The maximum absolute atomic E-state index is 5.67. The van der Waals surface area contributed by atoms with E-state index in [2.05, 4.69) is 34.8 Å². The van der Waals surface area contributed by atoms with Crippen molar-refractivity contribution in [3.8, 4) is 0 Å². The van der Waals surface area contributed by atoms with Gasteiger partial charge in [-0.15, -0.1) is 0 Å². The van der Waals surface area contributed by atoms with Gasteiger partial charge in [-0.25, -0.2) is 0 Å². The molecule has 2 aromatic heterocycles. The SMILES string of the molecule is CC(C)c1cc2cncc(Br)c2o1. The van der Waals surface area contributed by atoms with Gasteiger partial charge in [0.05, 0.1) is 4.47 Å². The first-order valence-corrected chi connectivity index (χ1v) is 5.00. The summed E-state index contributed by atoms with van der Waals surface area (Å²) in [6.07, 6.45) is 3.56. The van der Waals surface area contributed by atoms with Gasteiger partial charge < -0.3 is 4.42 Å². The van der Waals surface area contributed by atoms with Crippen LogP contribution in [-0.4, -0.2) is 4.98 Å². The standard InChI is InChI=1S/C10H10BrNO/c1-6(2)9-3-7-4-12-5-8(11)10(7)13-9/h3-6H,1-2H3. The van der Waals surface area contributed by atoms with Crippen molar-refractivity contribution in [2.45, 2.75) is 19.8 Å². The molecule has 0 atom stereocenters. The van der Waals surface area contributed by atoms with Gasteiger partial charge in [-0.2, -0.15) is 0 Å². The molecule has 0 bridgehead atoms. The molecular weight excluding hydrogens is 230 g/mol. The van der Waals surface area contributed by atoms with E-state index < -0.39 is 0 Å². The van der Waals surface area contributed by atoms with Gasteiger partial charge in [0.1, 0.15) is 5.76 Å². The van der Waals surface area contributed by atoms with Crippen molar-refractivity contribution in [3.63, 3.8) is 0 Å². The molecule has 0 aliphatic carbocycles. The lowest BCUT2D eigenvalue weighted by atomic mass is 10.1. The van der Waals surface area contributed by atoms with Crippen molar-refractivity contribution >= 4 is 26.9 Å². The van der Waals surface area contributed by atoms with Crippen LogP contribution in [-0.2, 0) is 0 Å². The number of nitrogens with zero attached hydrogens (tertiary/aromatic N) is 1. The molecule has 0 aliphatic heterocycles. The first kappa shape index (κ1) is 8.75. The van der Waals surface area contributed by atoms with Gasteiger partial charge >= 0.3 is 0 Å². The van der Waals surface area contributed by atoms with E-state index in [1.165, 1.54) is 0 Å². The zero-order valence-corrected chi connectivity index (χ0v) is 9.13. The molecule has 0 spiro atoms. The summed E-state index contributed by atoms with van der Waals surface area (Å²) in [5.41, 5.74) is 0.888. The highest BCUT2D eigenvalue weighted by Crippen LogP contribution is 2.28. The fraction of sp³-hybridized carbons (Fsp3) is 0.300. The van der Waals surface area contributed by atoms with Gasteiger partial charge in [-0.05, 0) is 22.0 Å². The Morgan fingerprint density at radius 2 is 2.15 bits per heavy atom. The van der Waals surface area contributed by atoms with E-state index in [9.17, 15) is 0 Å². The van der Waals surface area contributed by atoms with Crippen LogP contribution < -0.4 is 0 Å². The monoisotopic (exact) mass is 239 g/mol. The van der Waals surface area contributed by atoms with E-state index in [0.29, 0.717) is 5.92 Å². The number of pyridine rings is 1. The quantitative estimate of drug-likeness (QED) is 0.759. The van der Waals surface area contributed by atoms with Crippen molar-refractivity contribution in [2.24, 2.45) is 0 Å². The summed E-state index contributed by atoms with van der Waals surface area (Å²) in [5.74, 6) is 1.42. The molecule has 2 aromatic rings. The first-order chi connectivity index (χ1) is 6.18. The Balaban J connectivity index is 2.68. The third-order valence-electron chi connectivity index (χ3n) is 1.97. The highest BCUT2D eigenvalue weighted by molar-refractivity contribution is 9.10. The van der Waals surface area contributed by atoms with Crippen molar-refractivity contribution in [1.82, 2.24) is 4.98 Å². The molecule has 2 nitrogen and oxygen atoms in total. The predicted octanol–water partition coefficient (Wildman–Crippen LogP) is 3.71. The lowest BCUT2D eigenvalue weighted by Gasteiger charge is -1.96. The average Bonchev–Trinajstić information content (AvgIpc) is 2.49. The van der Waals surface area contributed by atoms with Crippen LogP contribution in [0.5, 0.6) is 0 Å². The zero-order valence-electron chi connectivity index (χ0n) is 7.54. The Hall–Kier alpha value is -0.830. The van der Waals surface area contributed by atoms with Crippen molar-refractivity contribution in [1.29, 1.82) is 0 Å². The van der Waals surface area contributed by atoms with E-state index >= 15 is 0 Å². The summed E-state index contributed by atoms with van der Waals surface area (Å²) >= 11 is 3.40. The van der Waals surface area contributed by atoms with Crippen LogP contribution in [0.3, 0.4) is 0 Å². The maximum Gasteiger partial charge on any atom is 0.151 e. The molecule has 2 heterocycles. The molecule has 0 radical (unpaired) electrons. The van der Waals surface area contributed by atoms with Crippen molar-refractivity contribution < 1.29 is 4.42 Å². The predicted molar refractivity (Wildman–Crippen MR) is 55.8 cm³/mol. The van der Waals surface area contributed by atoms with E-state index in [1.54, 1.807) is 6.20 Å². The van der Waals surface area contributed by atoms with Gasteiger partial charge in [0.2, 0.25) is 0 Å². The summed E-state index contributed by atoms with van der Waals surface area (Å²) < 4.78 is 6.59.